The summed E-state index contributed by atoms with van der Waals surface area (Å²) in [5, 5.41) is 8.32. The first-order valence-corrected chi connectivity index (χ1v) is 9.91. The van der Waals surface area contributed by atoms with Crippen LogP contribution >= 0.6 is 0 Å². The second kappa shape index (κ2) is 8.49. The number of fused-ring (bicyclic) bond motifs is 1. The van der Waals surface area contributed by atoms with E-state index in [2.05, 4.69) is 27.4 Å². The number of ether oxygens (including phenoxy) is 1. The quantitative estimate of drug-likeness (QED) is 0.475. The molecule has 30 heavy (non-hydrogen) atoms. The second-order valence-electron chi connectivity index (χ2n) is 7.29. The molecule has 0 amide bonds. The standard InChI is InChI=1S/C23H24N5O2/c1-4-30-22-15-18(7-9-24-22)19(12-17-8-10-27(2)23(29)14-17)11-16-5-6-21-20(13-16)25-26-28(21)3/h5-10,13-15H,4,11-12H2,1-3H3. The number of rotatable bonds is 7. The van der Waals surface area contributed by atoms with Gasteiger partial charge in [-0.15, -0.1) is 5.10 Å². The third-order valence-electron chi connectivity index (χ3n) is 5.11. The summed E-state index contributed by atoms with van der Waals surface area (Å²) in [6.45, 7) is 2.50. The highest BCUT2D eigenvalue weighted by Gasteiger charge is 2.17. The van der Waals surface area contributed by atoms with Crippen LogP contribution in [0.3, 0.4) is 0 Å². The summed E-state index contributed by atoms with van der Waals surface area (Å²) >= 11 is 0. The third kappa shape index (κ3) is 4.25. The second-order valence-corrected chi connectivity index (χ2v) is 7.29. The largest absolute Gasteiger partial charge is 0.478 e. The van der Waals surface area contributed by atoms with E-state index in [1.807, 2.05) is 38.2 Å². The Morgan fingerprint density at radius 1 is 1.03 bits per heavy atom. The normalized spacial score (nSPS) is 11.3. The van der Waals surface area contributed by atoms with Crippen molar-refractivity contribution in [2.24, 2.45) is 14.1 Å². The number of nitrogens with zero attached hydrogens (tertiary/aromatic N) is 5. The van der Waals surface area contributed by atoms with Crippen LogP contribution in [0.2, 0.25) is 0 Å². The first-order valence-electron chi connectivity index (χ1n) is 9.91. The summed E-state index contributed by atoms with van der Waals surface area (Å²) in [6, 6.07) is 13.8. The summed E-state index contributed by atoms with van der Waals surface area (Å²) in [4.78, 5) is 16.4. The molecule has 153 valence electrons. The van der Waals surface area contributed by atoms with Crippen LogP contribution in [-0.4, -0.2) is 31.2 Å². The van der Waals surface area contributed by atoms with Crippen molar-refractivity contribution in [3.05, 3.63) is 87.8 Å². The SMILES string of the molecule is CCOc1cc([C](Cc2ccn(C)c(=O)c2)Cc2ccc3c(c2)nnn3C)ccn1. The number of hydrogen-bond donors (Lipinski definition) is 0. The summed E-state index contributed by atoms with van der Waals surface area (Å²) < 4.78 is 8.93. The predicted octanol–water partition coefficient (Wildman–Crippen LogP) is 2.87. The lowest BCUT2D eigenvalue weighted by Gasteiger charge is -2.18. The van der Waals surface area contributed by atoms with E-state index in [0.29, 0.717) is 18.9 Å². The van der Waals surface area contributed by atoms with Gasteiger partial charge in [0.25, 0.3) is 5.56 Å². The lowest BCUT2D eigenvalue weighted by atomic mass is 9.87. The molecule has 0 aliphatic carbocycles. The van der Waals surface area contributed by atoms with Gasteiger partial charge in [-0.05, 0) is 60.7 Å². The Labute approximate surface area is 175 Å². The van der Waals surface area contributed by atoms with Crippen LogP contribution in [0.25, 0.3) is 11.0 Å². The molecule has 0 spiro atoms. The zero-order valence-corrected chi connectivity index (χ0v) is 17.4. The van der Waals surface area contributed by atoms with E-state index in [0.717, 1.165) is 34.1 Å². The van der Waals surface area contributed by atoms with Crippen LogP contribution in [-0.2, 0) is 26.9 Å². The first-order chi connectivity index (χ1) is 14.5. The van der Waals surface area contributed by atoms with E-state index in [9.17, 15) is 4.79 Å². The van der Waals surface area contributed by atoms with E-state index < -0.39 is 0 Å². The topological polar surface area (TPSA) is 74.8 Å². The minimum absolute atomic E-state index is 0.0161. The molecule has 7 nitrogen and oxygen atoms in total. The molecule has 4 aromatic rings. The van der Waals surface area contributed by atoms with Crippen molar-refractivity contribution in [3.8, 4) is 5.88 Å². The molecule has 0 bridgehead atoms. The molecular weight excluding hydrogens is 378 g/mol. The van der Waals surface area contributed by atoms with Gasteiger partial charge in [-0.25, -0.2) is 9.67 Å². The van der Waals surface area contributed by atoms with Gasteiger partial charge < -0.3 is 9.30 Å². The molecule has 0 atom stereocenters. The van der Waals surface area contributed by atoms with E-state index >= 15 is 0 Å². The van der Waals surface area contributed by atoms with E-state index in [1.165, 1.54) is 5.92 Å². The highest BCUT2D eigenvalue weighted by atomic mass is 16.5. The van der Waals surface area contributed by atoms with Gasteiger partial charge >= 0.3 is 0 Å². The van der Waals surface area contributed by atoms with Crippen molar-refractivity contribution in [1.82, 2.24) is 24.5 Å². The Morgan fingerprint density at radius 2 is 1.83 bits per heavy atom. The predicted molar refractivity (Wildman–Crippen MR) is 115 cm³/mol. The van der Waals surface area contributed by atoms with Gasteiger partial charge in [0, 0.05) is 44.5 Å². The van der Waals surface area contributed by atoms with E-state index in [1.54, 1.807) is 34.8 Å². The van der Waals surface area contributed by atoms with Crippen LogP contribution in [0, 0.1) is 5.92 Å². The molecule has 3 heterocycles. The first kappa shape index (κ1) is 19.8. The smallest absolute Gasteiger partial charge is 0.250 e. The molecule has 0 aliphatic heterocycles. The number of pyridine rings is 2. The molecule has 0 N–H and O–H groups in total. The maximum absolute atomic E-state index is 12.1. The minimum atomic E-state index is -0.0161. The van der Waals surface area contributed by atoms with E-state index in [-0.39, 0.29) is 5.56 Å². The van der Waals surface area contributed by atoms with Gasteiger partial charge in [-0.1, -0.05) is 11.3 Å². The maximum Gasteiger partial charge on any atom is 0.250 e. The molecule has 4 rings (SSSR count). The van der Waals surface area contributed by atoms with Crippen molar-refractivity contribution in [1.29, 1.82) is 0 Å². The monoisotopic (exact) mass is 402 g/mol. The molecule has 0 saturated heterocycles. The van der Waals surface area contributed by atoms with Gasteiger partial charge in [0.1, 0.15) is 5.52 Å². The summed E-state index contributed by atoms with van der Waals surface area (Å²) in [5.74, 6) is 1.77. The zero-order valence-electron chi connectivity index (χ0n) is 17.4. The molecule has 0 aliphatic rings. The van der Waals surface area contributed by atoms with Crippen molar-refractivity contribution >= 4 is 11.0 Å². The minimum Gasteiger partial charge on any atom is -0.478 e. The molecule has 0 saturated carbocycles. The van der Waals surface area contributed by atoms with Crippen LogP contribution in [0.1, 0.15) is 23.6 Å². The molecule has 0 unspecified atom stereocenters. The zero-order chi connectivity index (χ0) is 21.1. The molecule has 0 fully saturated rings. The highest BCUT2D eigenvalue weighted by Crippen LogP contribution is 2.27. The van der Waals surface area contributed by atoms with Gasteiger partial charge in [0.15, 0.2) is 0 Å². The lowest BCUT2D eigenvalue weighted by molar-refractivity contribution is 0.326. The molecule has 3 aromatic heterocycles. The number of aromatic nitrogens is 5. The molecular formula is C23H24N5O2. The van der Waals surface area contributed by atoms with Crippen LogP contribution in [0.5, 0.6) is 5.88 Å². The van der Waals surface area contributed by atoms with Gasteiger partial charge in [0.2, 0.25) is 5.88 Å². The number of benzene rings is 1. The fraction of sp³-hybridized carbons (Fsp3) is 0.261. The molecule has 1 aromatic carbocycles. The van der Waals surface area contributed by atoms with Crippen molar-refractivity contribution in [2.75, 3.05) is 6.61 Å². The van der Waals surface area contributed by atoms with E-state index in [4.69, 9.17) is 4.74 Å². The average molecular weight is 402 g/mol. The summed E-state index contributed by atoms with van der Waals surface area (Å²) in [6.07, 6.45) is 4.94. The van der Waals surface area contributed by atoms with Crippen molar-refractivity contribution in [3.63, 3.8) is 0 Å². The van der Waals surface area contributed by atoms with Gasteiger partial charge in [-0.2, -0.15) is 0 Å². The Kier molecular flexibility index (Phi) is 5.61. The lowest BCUT2D eigenvalue weighted by Crippen LogP contribution is -2.17. The van der Waals surface area contributed by atoms with Crippen LogP contribution in [0.4, 0.5) is 0 Å². The Bertz CT molecular complexity index is 1230. The van der Waals surface area contributed by atoms with Crippen LogP contribution < -0.4 is 10.3 Å². The third-order valence-corrected chi connectivity index (χ3v) is 5.11. The Balaban J connectivity index is 1.68. The molecule has 7 heteroatoms. The fourth-order valence-corrected chi connectivity index (χ4v) is 3.51. The van der Waals surface area contributed by atoms with Crippen molar-refractivity contribution in [2.45, 2.75) is 19.8 Å². The van der Waals surface area contributed by atoms with Crippen LogP contribution in [0.15, 0.2) is 59.7 Å². The highest BCUT2D eigenvalue weighted by molar-refractivity contribution is 5.75. The Hall–Kier alpha value is -3.48. The van der Waals surface area contributed by atoms with Gasteiger partial charge in [0.05, 0.1) is 12.1 Å². The number of hydrogen-bond acceptors (Lipinski definition) is 5. The summed E-state index contributed by atoms with van der Waals surface area (Å²) in [5.41, 5.74) is 5.01. The average Bonchev–Trinajstić information content (AvgIpc) is 3.11. The molecule has 1 radical (unpaired) electrons. The van der Waals surface area contributed by atoms with Gasteiger partial charge in [-0.3, -0.25) is 4.79 Å². The fourth-order valence-electron chi connectivity index (χ4n) is 3.51. The Morgan fingerprint density at radius 3 is 2.60 bits per heavy atom. The van der Waals surface area contributed by atoms with Crippen molar-refractivity contribution < 1.29 is 4.74 Å². The number of aryl methyl sites for hydroxylation is 2. The summed E-state index contributed by atoms with van der Waals surface area (Å²) in [7, 11) is 3.64. The maximum atomic E-state index is 12.1.